The van der Waals surface area contributed by atoms with Gasteiger partial charge in [0.1, 0.15) is 6.42 Å². The summed E-state index contributed by atoms with van der Waals surface area (Å²) in [5, 5.41) is 4.11. The lowest BCUT2D eigenvalue weighted by Gasteiger charge is -2.06. The maximum absolute atomic E-state index is 11.7. The number of hydrogen-bond acceptors (Lipinski definition) is 2. The van der Waals surface area contributed by atoms with Crippen LogP contribution in [0.5, 0.6) is 0 Å². The van der Waals surface area contributed by atoms with E-state index in [-0.39, 0.29) is 6.54 Å². The molecule has 1 N–H and O–H groups in total. The van der Waals surface area contributed by atoms with Gasteiger partial charge in [0.15, 0.2) is 0 Å². The second-order valence-electron chi connectivity index (χ2n) is 2.97. The zero-order valence-electron chi connectivity index (χ0n) is 7.80. The maximum atomic E-state index is 11.7. The largest absolute Gasteiger partial charge is 0.397 e. The van der Waals surface area contributed by atoms with Gasteiger partial charge in [-0.05, 0) is 17.9 Å². The Kier molecular flexibility index (Phi) is 4.14. The van der Waals surface area contributed by atoms with E-state index in [0.29, 0.717) is 6.42 Å². The van der Waals surface area contributed by atoms with E-state index in [9.17, 15) is 18.0 Å². The van der Waals surface area contributed by atoms with Crippen LogP contribution in [0.1, 0.15) is 11.3 Å². The fourth-order valence-corrected chi connectivity index (χ4v) is 1.73. The second kappa shape index (κ2) is 5.16. The van der Waals surface area contributed by atoms with Crippen molar-refractivity contribution in [1.82, 2.24) is 5.32 Å². The summed E-state index contributed by atoms with van der Waals surface area (Å²) in [4.78, 5) is 11.8. The quantitative estimate of drug-likeness (QED) is 0.855. The number of rotatable bonds is 4. The minimum atomic E-state index is -4.42. The third kappa shape index (κ3) is 5.41. The molecule has 0 aliphatic rings. The lowest BCUT2D eigenvalue weighted by Crippen LogP contribution is -2.29. The zero-order valence-corrected chi connectivity index (χ0v) is 8.62. The highest BCUT2D eigenvalue weighted by Crippen LogP contribution is 2.18. The molecule has 0 saturated carbocycles. The van der Waals surface area contributed by atoms with Gasteiger partial charge in [0.05, 0.1) is 0 Å². The Labute approximate surface area is 89.1 Å². The van der Waals surface area contributed by atoms with Crippen LogP contribution in [0.3, 0.4) is 0 Å². The zero-order chi connectivity index (χ0) is 11.3. The molecule has 0 fully saturated rings. The molecule has 0 aromatic carbocycles. The molecule has 1 aromatic rings. The van der Waals surface area contributed by atoms with Gasteiger partial charge < -0.3 is 5.32 Å². The Morgan fingerprint density at radius 1 is 1.47 bits per heavy atom. The fourth-order valence-electron chi connectivity index (χ4n) is 1.02. The van der Waals surface area contributed by atoms with E-state index < -0.39 is 18.5 Å². The first-order valence-electron chi connectivity index (χ1n) is 4.33. The Hall–Kier alpha value is -1.04. The molecule has 6 heteroatoms. The van der Waals surface area contributed by atoms with E-state index in [4.69, 9.17) is 0 Å². The van der Waals surface area contributed by atoms with E-state index in [1.54, 1.807) is 0 Å². The van der Waals surface area contributed by atoms with Crippen LogP contribution in [0.15, 0.2) is 17.5 Å². The lowest BCUT2D eigenvalue weighted by atomic mass is 10.3. The molecule has 1 amide bonds. The third-order valence-electron chi connectivity index (χ3n) is 1.63. The summed E-state index contributed by atoms with van der Waals surface area (Å²) in [7, 11) is 0. The van der Waals surface area contributed by atoms with Gasteiger partial charge in [0.2, 0.25) is 5.91 Å². The molecule has 0 bridgehead atoms. The number of nitrogens with one attached hydrogen (secondary N) is 1. The summed E-state index contributed by atoms with van der Waals surface area (Å²) in [6, 6.07) is 3.73. The summed E-state index contributed by atoms with van der Waals surface area (Å²) in [6.07, 6.45) is -5.26. The number of alkyl halides is 3. The van der Waals surface area contributed by atoms with Crippen molar-refractivity contribution in [2.75, 3.05) is 6.54 Å². The minimum absolute atomic E-state index is 0.245. The fraction of sp³-hybridized carbons (Fsp3) is 0.444. The predicted molar refractivity (Wildman–Crippen MR) is 51.7 cm³/mol. The molecule has 0 unspecified atom stereocenters. The van der Waals surface area contributed by atoms with E-state index in [2.05, 4.69) is 5.32 Å². The summed E-state index contributed by atoms with van der Waals surface area (Å²) >= 11 is 1.51. The molecule has 0 aliphatic carbocycles. The van der Waals surface area contributed by atoms with Crippen LogP contribution >= 0.6 is 11.3 Å². The maximum Gasteiger partial charge on any atom is 0.397 e. The summed E-state index contributed by atoms with van der Waals surface area (Å²) < 4.78 is 35.2. The SMILES string of the molecule is O=C(CC(F)(F)F)NCCc1cccs1. The molecule has 0 spiro atoms. The number of carbonyl (C=O) groups excluding carboxylic acids is 1. The van der Waals surface area contributed by atoms with Crippen LogP contribution < -0.4 is 5.32 Å². The molecule has 1 rings (SSSR count). The Balaban J connectivity index is 2.18. The second-order valence-corrected chi connectivity index (χ2v) is 4.00. The molecule has 15 heavy (non-hydrogen) atoms. The Bertz CT molecular complexity index is 308. The number of halogens is 3. The highest BCUT2D eigenvalue weighted by atomic mass is 32.1. The molecule has 0 atom stereocenters. The van der Waals surface area contributed by atoms with Crippen LogP contribution in [0.2, 0.25) is 0 Å². The summed E-state index contributed by atoms with van der Waals surface area (Å²) in [5.41, 5.74) is 0. The molecule has 84 valence electrons. The van der Waals surface area contributed by atoms with Crippen molar-refractivity contribution >= 4 is 17.2 Å². The van der Waals surface area contributed by atoms with Crippen molar-refractivity contribution in [3.05, 3.63) is 22.4 Å². The average Bonchev–Trinajstić information content (AvgIpc) is 2.53. The van der Waals surface area contributed by atoms with Crippen molar-refractivity contribution in [2.45, 2.75) is 19.0 Å². The van der Waals surface area contributed by atoms with Gasteiger partial charge in [0, 0.05) is 11.4 Å². The van der Waals surface area contributed by atoms with Gasteiger partial charge in [0.25, 0.3) is 0 Å². The average molecular weight is 237 g/mol. The molecule has 1 aromatic heterocycles. The van der Waals surface area contributed by atoms with Crippen molar-refractivity contribution in [2.24, 2.45) is 0 Å². The van der Waals surface area contributed by atoms with Crippen molar-refractivity contribution in [3.8, 4) is 0 Å². The molecular formula is C9H10F3NOS. The molecule has 0 saturated heterocycles. The standard InChI is InChI=1S/C9H10F3NOS/c10-9(11,12)6-8(14)13-4-3-7-2-1-5-15-7/h1-2,5H,3-4,6H2,(H,13,14). The van der Waals surface area contributed by atoms with Gasteiger partial charge in [-0.1, -0.05) is 6.07 Å². The van der Waals surface area contributed by atoms with Gasteiger partial charge >= 0.3 is 6.18 Å². The smallest absolute Gasteiger partial charge is 0.355 e. The van der Waals surface area contributed by atoms with E-state index in [1.807, 2.05) is 17.5 Å². The Morgan fingerprint density at radius 3 is 2.73 bits per heavy atom. The lowest BCUT2D eigenvalue weighted by molar-refractivity contribution is -0.153. The molecular weight excluding hydrogens is 227 g/mol. The van der Waals surface area contributed by atoms with E-state index in [1.165, 1.54) is 11.3 Å². The van der Waals surface area contributed by atoms with Crippen LogP contribution in [0.4, 0.5) is 13.2 Å². The molecule has 0 aliphatic heterocycles. The minimum Gasteiger partial charge on any atom is -0.355 e. The third-order valence-corrected chi connectivity index (χ3v) is 2.57. The summed E-state index contributed by atoms with van der Waals surface area (Å²) in [5.74, 6) is -0.973. The van der Waals surface area contributed by atoms with E-state index in [0.717, 1.165) is 4.88 Å². The predicted octanol–water partition coefficient (Wildman–Crippen LogP) is 2.36. The van der Waals surface area contributed by atoms with Crippen LogP contribution in [0.25, 0.3) is 0 Å². The highest BCUT2D eigenvalue weighted by Gasteiger charge is 2.30. The number of thiophene rings is 1. The van der Waals surface area contributed by atoms with Crippen molar-refractivity contribution in [3.63, 3.8) is 0 Å². The normalized spacial score (nSPS) is 11.4. The highest BCUT2D eigenvalue weighted by molar-refractivity contribution is 7.09. The number of carbonyl (C=O) groups is 1. The van der Waals surface area contributed by atoms with Crippen molar-refractivity contribution in [1.29, 1.82) is 0 Å². The van der Waals surface area contributed by atoms with Crippen molar-refractivity contribution < 1.29 is 18.0 Å². The molecule has 2 nitrogen and oxygen atoms in total. The van der Waals surface area contributed by atoms with Gasteiger partial charge in [-0.3, -0.25) is 4.79 Å². The first-order chi connectivity index (χ1) is 6.97. The van der Waals surface area contributed by atoms with E-state index >= 15 is 0 Å². The number of hydrogen-bond donors (Lipinski definition) is 1. The first kappa shape index (κ1) is 12.0. The van der Waals surface area contributed by atoms with Gasteiger partial charge in [-0.25, -0.2) is 0 Å². The van der Waals surface area contributed by atoms with Crippen LogP contribution in [-0.4, -0.2) is 18.6 Å². The summed E-state index contributed by atoms with van der Waals surface area (Å²) in [6.45, 7) is 0.245. The first-order valence-corrected chi connectivity index (χ1v) is 5.21. The van der Waals surface area contributed by atoms with Crippen LogP contribution in [0, 0.1) is 0 Å². The monoisotopic (exact) mass is 237 g/mol. The number of amides is 1. The van der Waals surface area contributed by atoms with Gasteiger partial charge in [-0.2, -0.15) is 13.2 Å². The molecule has 0 radical (unpaired) electrons. The Morgan fingerprint density at radius 2 is 2.20 bits per heavy atom. The molecule has 1 heterocycles. The van der Waals surface area contributed by atoms with Gasteiger partial charge in [-0.15, -0.1) is 11.3 Å². The topological polar surface area (TPSA) is 29.1 Å². The van der Waals surface area contributed by atoms with Crippen LogP contribution in [-0.2, 0) is 11.2 Å².